The van der Waals surface area contributed by atoms with E-state index in [2.05, 4.69) is 76.6 Å². The molecule has 0 spiro atoms. The van der Waals surface area contributed by atoms with E-state index >= 15 is 0 Å². The minimum absolute atomic E-state index is 0.00580. The molecule has 2 aromatic rings. The number of piperazine rings is 1. The van der Waals surface area contributed by atoms with Gasteiger partial charge in [-0.3, -0.25) is 9.69 Å². The monoisotopic (exact) mass is 365 g/mol. The zero-order chi connectivity index (χ0) is 19.4. The first-order chi connectivity index (χ1) is 12.9. The molecule has 1 aliphatic heterocycles. The quantitative estimate of drug-likeness (QED) is 0.872. The Kier molecular flexibility index (Phi) is 5.85. The van der Waals surface area contributed by atoms with Crippen molar-refractivity contribution in [3.05, 3.63) is 65.7 Å². The number of para-hydroxylation sites is 1. The molecule has 1 saturated heterocycles. The second kappa shape index (κ2) is 8.13. The SMILES string of the molecule is CC(=O)NC(C)(C)c1ccc(C(C)N2CCN(c3ccccc3)CC2)cc1. The van der Waals surface area contributed by atoms with E-state index in [1.165, 1.54) is 11.3 Å². The summed E-state index contributed by atoms with van der Waals surface area (Å²) in [6.07, 6.45) is 0. The van der Waals surface area contributed by atoms with Gasteiger partial charge in [-0.15, -0.1) is 0 Å². The van der Waals surface area contributed by atoms with Crippen molar-refractivity contribution < 1.29 is 4.79 Å². The van der Waals surface area contributed by atoms with Crippen LogP contribution in [-0.2, 0) is 10.3 Å². The van der Waals surface area contributed by atoms with Gasteiger partial charge in [-0.05, 0) is 44.0 Å². The number of carbonyl (C=O) groups is 1. The lowest BCUT2D eigenvalue weighted by Crippen LogP contribution is -2.47. The Morgan fingerprint density at radius 3 is 2.11 bits per heavy atom. The van der Waals surface area contributed by atoms with Gasteiger partial charge in [-0.2, -0.15) is 0 Å². The smallest absolute Gasteiger partial charge is 0.217 e. The fourth-order valence-corrected chi connectivity index (χ4v) is 3.91. The number of benzene rings is 2. The lowest BCUT2D eigenvalue weighted by Gasteiger charge is -2.39. The molecule has 4 nitrogen and oxygen atoms in total. The Morgan fingerprint density at radius 2 is 1.56 bits per heavy atom. The molecular formula is C23H31N3O. The topological polar surface area (TPSA) is 35.6 Å². The Labute approximate surface area is 163 Å². The standard InChI is InChI=1S/C23H31N3O/c1-18(20-10-12-21(13-11-20)23(3,4)24-19(2)27)25-14-16-26(17-15-25)22-8-6-5-7-9-22/h5-13,18H,14-17H2,1-4H3,(H,24,27). The van der Waals surface area contributed by atoms with Gasteiger partial charge in [0.05, 0.1) is 5.54 Å². The number of anilines is 1. The van der Waals surface area contributed by atoms with Crippen LogP contribution in [0.1, 0.15) is 44.9 Å². The summed E-state index contributed by atoms with van der Waals surface area (Å²) >= 11 is 0. The molecule has 1 fully saturated rings. The number of nitrogens with one attached hydrogen (secondary N) is 1. The maximum atomic E-state index is 11.4. The molecule has 2 aromatic carbocycles. The van der Waals surface area contributed by atoms with E-state index in [1.54, 1.807) is 6.92 Å². The first kappa shape index (κ1) is 19.4. The van der Waals surface area contributed by atoms with E-state index in [1.807, 2.05) is 13.8 Å². The number of carbonyl (C=O) groups excluding carboxylic acids is 1. The average molecular weight is 366 g/mol. The average Bonchev–Trinajstić information content (AvgIpc) is 2.67. The van der Waals surface area contributed by atoms with E-state index < -0.39 is 0 Å². The van der Waals surface area contributed by atoms with Crippen LogP contribution >= 0.6 is 0 Å². The summed E-state index contributed by atoms with van der Waals surface area (Å²) in [5.41, 5.74) is 3.41. The van der Waals surface area contributed by atoms with Crippen LogP contribution in [0.2, 0.25) is 0 Å². The van der Waals surface area contributed by atoms with Crippen LogP contribution in [0.3, 0.4) is 0 Å². The summed E-state index contributed by atoms with van der Waals surface area (Å²) < 4.78 is 0. The molecule has 1 N–H and O–H groups in total. The van der Waals surface area contributed by atoms with E-state index in [-0.39, 0.29) is 11.4 Å². The van der Waals surface area contributed by atoms with Crippen LogP contribution in [-0.4, -0.2) is 37.0 Å². The second-order valence-electron chi connectivity index (χ2n) is 7.96. The van der Waals surface area contributed by atoms with Crippen molar-refractivity contribution in [1.82, 2.24) is 10.2 Å². The van der Waals surface area contributed by atoms with Gasteiger partial charge in [0.1, 0.15) is 0 Å². The highest BCUT2D eigenvalue weighted by atomic mass is 16.1. The summed E-state index contributed by atoms with van der Waals surface area (Å²) in [6, 6.07) is 19.7. The molecule has 0 aromatic heterocycles. The van der Waals surface area contributed by atoms with Crippen molar-refractivity contribution in [1.29, 1.82) is 0 Å². The number of nitrogens with zero attached hydrogens (tertiary/aromatic N) is 2. The van der Waals surface area contributed by atoms with Crippen molar-refractivity contribution in [2.75, 3.05) is 31.1 Å². The van der Waals surface area contributed by atoms with Crippen molar-refractivity contribution in [3.8, 4) is 0 Å². The third-order valence-corrected chi connectivity index (χ3v) is 5.59. The molecule has 144 valence electrons. The van der Waals surface area contributed by atoms with E-state index in [9.17, 15) is 4.79 Å². The normalized spacial score (nSPS) is 16.8. The number of hydrogen-bond acceptors (Lipinski definition) is 3. The van der Waals surface area contributed by atoms with Gasteiger partial charge < -0.3 is 10.2 Å². The maximum Gasteiger partial charge on any atom is 0.217 e. The fraction of sp³-hybridized carbons (Fsp3) is 0.435. The first-order valence-corrected chi connectivity index (χ1v) is 9.80. The van der Waals surface area contributed by atoms with E-state index in [0.717, 1.165) is 31.7 Å². The lowest BCUT2D eigenvalue weighted by molar-refractivity contribution is -0.120. The molecule has 1 amide bonds. The molecule has 1 atom stereocenters. The van der Waals surface area contributed by atoms with Crippen molar-refractivity contribution in [3.63, 3.8) is 0 Å². The Balaban J connectivity index is 1.61. The summed E-state index contributed by atoms with van der Waals surface area (Å²) in [6.45, 7) is 12.2. The molecule has 27 heavy (non-hydrogen) atoms. The molecule has 1 heterocycles. The highest BCUT2D eigenvalue weighted by Crippen LogP contribution is 2.26. The van der Waals surface area contributed by atoms with Crippen LogP contribution in [0.25, 0.3) is 0 Å². The Hall–Kier alpha value is -2.33. The summed E-state index contributed by atoms with van der Waals surface area (Å²) in [5.74, 6) is -0.00580. The van der Waals surface area contributed by atoms with Gasteiger partial charge in [-0.1, -0.05) is 42.5 Å². The predicted octanol–water partition coefficient (Wildman–Crippen LogP) is 3.94. The second-order valence-corrected chi connectivity index (χ2v) is 7.96. The largest absolute Gasteiger partial charge is 0.369 e. The van der Waals surface area contributed by atoms with Gasteiger partial charge in [0.2, 0.25) is 5.91 Å². The molecule has 1 aliphatic rings. The summed E-state index contributed by atoms with van der Waals surface area (Å²) in [7, 11) is 0. The fourth-order valence-electron chi connectivity index (χ4n) is 3.91. The van der Waals surface area contributed by atoms with Gasteiger partial charge >= 0.3 is 0 Å². The highest BCUT2D eigenvalue weighted by molar-refractivity contribution is 5.74. The van der Waals surface area contributed by atoms with Crippen LogP contribution in [0, 0.1) is 0 Å². The molecule has 0 aliphatic carbocycles. The number of rotatable bonds is 5. The molecule has 0 bridgehead atoms. The summed E-state index contributed by atoms with van der Waals surface area (Å²) in [4.78, 5) is 16.4. The number of hydrogen-bond donors (Lipinski definition) is 1. The first-order valence-electron chi connectivity index (χ1n) is 9.80. The Bertz CT molecular complexity index is 747. The minimum Gasteiger partial charge on any atom is -0.369 e. The van der Waals surface area contributed by atoms with Crippen molar-refractivity contribution in [2.24, 2.45) is 0 Å². The summed E-state index contributed by atoms with van der Waals surface area (Å²) in [5, 5.41) is 3.01. The minimum atomic E-state index is -0.352. The van der Waals surface area contributed by atoms with Crippen LogP contribution in [0.4, 0.5) is 5.69 Å². The van der Waals surface area contributed by atoms with Crippen LogP contribution < -0.4 is 10.2 Å². The van der Waals surface area contributed by atoms with Gasteiger partial charge in [0, 0.05) is 44.8 Å². The van der Waals surface area contributed by atoms with E-state index in [0.29, 0.717) is 6.04 Å². The van der Waals surface area contributed by atoms with Crippen LogP contribution in [0.15, 0.2) is 54.6 Å². The van der Waals surface area contributed by atoms with Crippen molar-refractivity contribution in [2.45, 2.75) is 39.3 Å². The zero-order valence-corrected chi connectivity index (χ0v) is 16.9. The van der Waals surface area contributed by atoms with Gasteiger partial charge in [-0.25, -0.2) is 0 Å². The van der Waals surface area contributed by atoms with Gasteiger partial charge in [0.25, 0.3) is 0 Å². The molecule has 1 unspecified atom stereocenters. The molecule has 0 saturated carbocycles. The van der Waals surface area contributed by atoms with Crippen molar-refractivity contribution >= 4 is 11.6 Å². The van der Waals surface area contributed by atoms with E-state index in [4.69, 9.17) is 0 Å². The molecular weight excluding hydrogens is 334 g/mol. The zero-order valence-electron chi connectivity index (χ0n) is 16.9. The van der Waals surface area contributed by atoms with Crippen LogP contribution in [0.5, 0.6) is 0 Å². The molecule has 3 rings (SSSR count). The molecule has 0 radical (unpaired) electrons. The number of amides is 1. The third-order valence-electron chi connectivity index (χ3n) is 5.59. The third kappa shape index (κ3) is 4.69. The highest BCUT2D eigenvalue weighted by Gasteiger charge is 2.24. The molecule has 4 heteroatoms. The maximum absolute atomic E-state index is 11.4. The van der Waals surface area contributed by atoms with Gasteiger partial charge in [0.15, 0.2) is 0 Å². The Morgan fingerprint density at radius 1 is 0.963 bits per heavy atom. The lowest BCUT2D eigenvalue weighted by atomic mass is 9.92. The predicted molar refractivity (Wildman–Crippen MR) is 112 cm³/mol.